The molecule has 6 nitrogen and oxygen atoms in total. The maximum Gasteiger partial charge on any atom is 0.262 e. The highest BCUT2D eigenvalue weighted by Crippen LogP contribution is 2.32. The molecule has 146 valence electrons. The molecule has 0 unspecified atom stereocenters. The fourth-order valence-corrected chi connectivity index (χ4v) is 5.73. The van der Waals surface area contributed by atoms with Crippen molar-refractivity contribution in [2.24, 2.45) is 0 Å². The fourth-order valence-electron chi connectivity index (χ4n) is 3.38. The third kappa shape index (κ3) is 3.96. The second-order valence-electron chi connectivity index (χ2n) is 7.09. The Morgan fingerprint density at radius 2 is 1.59 bits per heavy atom. The largest absolute Gasteiger partial charge is 0.280 e. The van der Waals surface area contributed by atoms with E-state index in [1.165, 1.54) is 4.31 Å². The van der Waals surface area contributed by atoms with Gasteiger partial charge in [-0.05, 0) is 74.1 Å². The lowest BCUT2D eigenvalue weighted by atomic mass is 10.0. The highest BCUT2D eigenvalue weighted by Gasteiger charge is 2.25. The number of anilines is 2. The summed E-state index contributed by atoms with van der Waals surface area (Å²) in [6.45, 7) is 5.98. The Morgan fingerprint density at radius 1 is 0.926 bits per heavy atom. The Hall–Kier alpha value is -2.06. The topological polar surface area (TPSA) is 83.6 Å². The Labute approximate surface area is 161 Å². The van der Waals surface area contributed by atoms with Crippen LogP contribution in [0.5, 0.6) is 0 Å². The number of nitrogens with one attached hydrogen (secondary N) is 1. The molecule has 1 heterocycles. The standard InChI is InChI=1S/C19H24N2O4S2/c1-13-10-15(3)19(11-14(13)2)27(24,25)20-17-8-7-16-6-5-9-21(18(16)12-17)26(4,22)23/h7-8,10-12,20H,5-6,9H2,1-4H3. The van der Waals surface area contributed by atoms with Crippen LogP contribution in [0.2, 0.25) is 0 Å². The van der Waals surface area contributed by atoms with Gasteiger partial charge < -0.3 is 0 Å². The first-order valence-corrected chi connectivity index (χ1v) is 12.0. The van der Waals surface area contributed by atoms with Crippen LogP contribution in [0, 0.1) is 20.8 Å². The first kappa shape index (κ1) is 19.7. The highest BCUT2D eigenvalue weighted by molar-refractivity contribution is 7.93. The zero-order valence-corrected chi connectivity index (χ0v) is 17.5. The molecule has 3 rings (SSSR count). The van der Waals surface area contributed by atoms with Crippen molar-refractivity contribution in [2.45, 2.75) is 38.5 Å². The third-order valence-corrected chi connectivity index (χ3v) is 7.60. The first-order valence-electron chi connectivity index (χ1n) is 8.70. The summed E-state index contributed by atoms with van der Waals surface area (Å²) in [5.74, 6) is 0. The molecule has 0 aliphatic carbocycles. The van der Waals surface area contributed by atoms with Gasteiger partial charge in [-0.3, -0.25) is 9.03 Å². The predicted molar refractivity (Wildman–Crippen MR) is 108 cm³/mol. The van der Waals surface area contributed by atoms with Crippen LogP contribution in [0.3, 0.4) is 0 Å². The molecule has 8 heteroatoms. The Kier molecular flexibility index (Phi) is 4.98. The van der Waals surface area contributed by atoms with Crippen LogP contribution in [-0.2, 0) is 26.5 Å². The highest BCUT2D eigenvalue weighted by atomic mass is 32.2. The molecule has 0 aromatic heterocycles. The monoisotopic (exact) mass is 408 g/mol. The molecule has 0 fully saturated rings. The van der Waals surface area contributed by atoms with Crippen molar-refractivity contribution >= 4 is 31.4 Å². The van der Waals surface area contributed by atoms with Gasteiger partial charge in [-0.2, -0.15) is 0 Å². The van der Waals surface area contributed by atoms with Gasteiger partial charge in [-0.1, -0.05) is 12.1 Å². The maximum absolute atomic E-state index is 12.9. The van der Waals surface area contributed by atoms with Gasteiger partial charge in [-0.15, -0.1) is 0 Å². The number of hydrogen-bond acceptors (Lipinski definition) is 4. The van der Waals surface area contributed by atoms with Crippen LogP contribution in [0.15, 0.2) is 35.2 Å². The average molecular weight is 409 g/mol. The van der Waals surface area contributed by atoms with Gasteiger partial charge >= 0.3 is 0 Å². The summed E-state index contributed by atoms with van der Waals surface area (Å²) in [6, 6.07) is 8.58. The molecular weight excluding hydrogens is 384 g/mol. The summed E-state index contributed by atoms with van der Waals surface area (Å²) >= 11 is 0. The van der Waals surface area contributed by atoms with Crippen molar-refractivity contribution in [1.29, 1.82) is 0 Å². The zero-order chi connectivity index (χ0) is 20.0. The van der Waals surface area contributed by atoms with Gasteiger partial charge in [0.25, 0.3) is 10.0 Å². The summed E-state index contributed by atoms with van der Waals surface area (Å²) in [7, 11) is -7.19. The van der Waals surface area contributed by atoms with Gasteiger partial charge in [-0.25, -0.2) is 16.8 Å². The van der Waals surface area contributed by atoms with E-state index in [-0.39, 0.29) is 4.90 Å². The Balaban J connectivity index is 2.00. The van der Waals surface area contributed by atoms with E-state index in [1.807, 2.05) is 19.9 Å². The minimum absolute atomic E-state index is 0.225. The number of hydrogen-bond donors (Lipinski definition) is 1. The average Bonchev–Trinajstić information content (AvgIpc) is 2.56. The lowest BCUT2D eigenvalue weighted by molar-refractivity contribution is 0.592. The lowest BCUT2D eigenvalue weighted by Gasteiger charge is -2.29. The Morgan fingerprint density at radius 3 is 2.26 bits per heavy atom. The fraction of sp³-hybridized carbons (Fsp3) is 0.368. The smallest absolute Gasteiger partial charge is 0.262 e. The molecule has 0 amide bonds. The predicted octanol–water partition coefficient (Wildman–Crippen LogP) is 3.12. The second kappa shape index (κ2) is 6.83. The van der Waals surface area contributed by atoms with Gasteiger partial charge in [0.05, 0.1) is 22.5 Å². The summed E-state index contributed by atoms with van der Waals surface area (Å²) in [5.41, 5.74) is 4.39. The van der Waals surface area contributed by atoms with Crippen LogP contribution >= 0.6 is 0 Å². The molecule has 0 atom stereocenters. The third-order valence-electron chi connectivity index (χ3n) is 4.89. The van der Waals surface area contributed by atoms with Gasteiger partial charge in [0.1, 0.15) is 0 Å². The van der Waals surface area contributed by atoms with E-state index in [9.17, 15) is 16.8 Å². The van der Waals surface area contributed by atoms with E-state index in [2.05, 4.69) is 4.72 Å². The molecular formula is C19H24N2O4S2. The van der Waals surface area contributed by atoms with Gasteiger partial charge in [0.2, 0.25) is 10.0 Å². The van der Waals surface area contributed by atoms with Crippen molar-refractivity contribution in [3.63, 3.8) is 0 Å². The number of nitrogens with zero attached hydrogens (tertiary/aromatic N) is 1. The van der Waals surface area contributed by atoms with Crippen LogP contribution in [0.4, 0.5) is 11.4 Å². The molecule has 27 heavy (non-hydrogen) atoms. The SMILES string of the molecule is Cc1cc(C)c(S(=O)(=O)Nc2ccc3c(c2)N(S(C)(=O)=O)CCC3)cc1C. The zero-order valence-electron chi connectivity index (χ0n) is 15.9. The summed E-state index contributed by atoms with van der Waals surface area (Å²) in [4.78, 5) is 0.225. The van der Waals surface area contributed by atoms with Crippen molar-refractivity contribution in [3.8, 4) is 0 Å². The Bertz CT molecular complexity index is 1110. The van der Waals surface area contributed by atoms with E-state index in [0.717, 1.165) is 35.8 Å². The molecule has 0 bridgehead atoms. The number of benzene rings is 2. The van der Waals surface area contributed by atoms with E-state index in [4.69, 9.17) is 0 Å². The van der Waals surface area contributed by atoms with E-state index in [0.29, 0.717) is 23.5 Å². The van der Waals surface area contributed by atoms with Crippen molar-refractivity contribution < 1.29 is 16.8 Å². The molecule has 2 aromatic carbocycles. The normalized spacial score (nSPS) is 14.7. The van der Waals surface area contributed by atoms with Crippen LogP contribution in [0.1, 0.15) is 28.7 Å². The molecule has 1 aliphatic heterocycles. The minimum Gasteiger partial charge on any atom is -0.280 e. The summed E-state index contributed by atoms with van der Waals surface area (Å²) in [5, 5.41) is 0. The maximum atomic E-state index is 12.9. The van der Waals surface area contributed by atoms with E-state index >= 15 is 0 Å². The molecule has 0 saturated carbocycles. The molecule has 0 radical (unpaired) electrons. The first-order chi connectivity index (χ1) is 12.5. The molecule has 1 aliphatic rings. The van der Waals surface area contributed by atoms with Crippen LogP contribution in [0.25, 0.3) is 0 Å². The van der Waals surface area contributed by atoms with E-state index in [1.54, 1.807) is 31.2 Å². The van der Waals surface area contributed by atoms with Crippen LogP contribution < -0.4 is 9.03 Å². The number of rotatable bonds is 4. The van der Waals surface area contributed by atoms with E-state index < -0.39 is 20.0 Å². The molecule has 0 spiro atoms. The molecule has 2 aromatic rings. The van der Waals surface area contributed by atoms with Gasteiger partial charge in [0.15, 0.2) is 0 Å². The summed E-state index contributed by atoms with van der Waals surface area (Å²) < 4.78 is 53.8. The molecule has 1 N–H and O–H groups in total. The number of aryl methyl sites for hydroxylation is 4. The molecule has 0 saturated heterocycles. The minimum atomic E-state index is -3.78. The quantitative estimate of drug-likeness (QED) is 0.842. The summed E-state index contributed by atoms with van der Waals surface area (Å²) in [6.07, 6.45) is 2.68. The van der Waals surface area contributed by atoms with Crippen molar-refractivity contribution in [3.05, 3.63) is 52.6 Å². The number of sulfonamides is 2. The number of fused-ring (bicyclic) bond motifs is 1. The van der Waals surface area contributed by atoms with Gasteiger partial charge in [0, 0.05) is 6.54 Å². The van der Waals surface area contributed by atoms with Crippen LogP contribution in [-0.4, -0.2) is 29.6 Å². The lowest BCUT2D eigenvalue weighted by Crippen LogP contribution is -2.34. The second-order valence-corrected chi connectivity index (χ2v) is 10.6. The van der Waals surface area contributed by atoms with Crippen molar-refractivity contribution in [1.82, 2.24) is 0 Å². The van der Waals surface area contributed by atoms with Crippen molar-refractivity contribution in [2.75, 3.05) is 21.8 Å².